The summed E-state index contributed by atoms with van der Waals surface area (Å²) in [6.45, 7) is 4.00. The van der Waals surface area contributed by atoms with Crippen molar-refractivity contribution in [1.82, 2.24) is 9.80 Å². The number of carboxylic acid groups (broad SMARTS) is 1. The molecule has 0 aromatic heterocycles. The third-order valence-electron chi connectivity index (χ3n) is 4.99. The topological polar surface area (TPSA) is 104 Å². The number of nitrogens with zero attached hydrogens (tertiary/aromatic N) is 2. The van der Waals surface area contributed by atoms with Gasteiger partial charge in [0.25, 0.3) is 0 Å². The molecule has 4 N–H and O–H groups in total. The maximum absolute atomic E-state index is 11.0. The summed E-state index contributed by atoms with van der Waals surface area (Å²) in [5.41, 5.74) is 0. The summed E-state index contributed by atoms with van der Waals surface area (Å²) in [5.74, 6) is -0.694. The number of rotatable bonds is 19. The van der Waals surface area contributed by atoms with Gasteiger partial charge < -0.3 is 20.4 Å². The lowest BCUT2D eigenvalue weighted by molar-refractivity contribution is -0.142. The first kappa shape index (κ1) is 30.5. The molecule has 0 rings (SSSR count). The molecule has 0 aliphatic carbocycles. The third kappa shape index (κ3) is 21.8. The fraction of sp³-hybridized carbons (Fsp3) is 0.955. The maximum atomic E-state index is 11.0. The summed E-state index contributed by atoms with van der Waals surface area (Å²) >= 11 is 0. The van der Waals surface area contributed by atoms with Gasteiger partial charge in [0.2, 0.25) is 0 Å². The van der Waals surface area contributed by atoms with E-state index in [2.05, 4.69) is 6.92 Å². The minimum atomic E-state index is -0.694. The molecule has 1 unspecified atom stereocenters. The maximum Gasteiger partial charge on any atom is 0.320 e. The Morgan fingerprint density at radius 3 is 1.41 bits per heavy atom. The standard InChI is InChI=1S/C16H33NO2.C6H15NO3/c1-4-5-6-7-8-9-10-11-12-13-14-15(16(18)19)17(2)3;8-4-1-7(2-5-9)3-6-10/h15H,4-14H2,1-3H3,(H,18,19);8-10H,1-6H2. The summed E-state index contributed by atoms with van der Waals surface area (Å²) in [6.07, 6.45) is 13.7. The lowest BCUT2D eigenvalue weighted by Crippen LogP contribution is -2.35. The van der Waals surface area contributed by atoms with E-state index in [9.17, 15) is 4.79 Å². The van der Waals surface area contributed by atoms with Gasteiger partial charge in [0, 0.05) is 19.6 Å². The van der Waals surface area contributed by atoms with Gasteiger partial charge in [0.05, 0.1) is 19.8 Å². The minimum absolute atomic E-state index is 0.0694. The molecule has 0 aromatic carbocycles. The molecular formula is C22H48N2O5. The van der Waals surface area contributed by atoms with Gasteiger partial charge >= 0.3 is 5.97 Å². The van der Waals surface area contributed by atoms with Crippen LogP contribution in [0.25, 0.3) is 0 Å². The van der Waals surface area contributed by atoms with Crippen molar-refractivity contribution in [3.63, 3.8) is 0 Å². The van der Waals surface area contributed by atoms with Gasteiger partial charge in [-0.25, -0.2) is 0 Å². The van der Waals surface area contributed by atoms with Crippen LogP contribution in [0.1, 0.15) is 77.6 Å². The predicted molar refractivity (Wildman–Crippen MR) is 119 cm³/mol. The van der Waals surface area contributed by atoms with E-state index in [0.717, 1.165) is 12.8 Å². The Hall–Kier alpha value is -0.730. The van der Waals surface area contributed by atoms with Crippen molar-refractivity contribution in [3.05, 3.63) is 0 Å². The summed E-state index contributed by atoms with van der Waals surface area (Å²) in [5, 5.41) is 34.5. The number of unbranched alkanes of at least 4 members (excludes halogenated alkanes) is 9. The number of aliphatic hydroxyl groups excluding tert-OH is 3. The molecule has 0 saturated heterocycles. The van der Waals surface area contributed by atoms with Gasteiger partial charge in [0.15, 0.2) is 0 Å². The fourth-order valence-corrected chi connectivity index (χ4v) is 3.19. The molecule has 0 fully saturated rings. The summed E-state index contributed by atoms with van der Waals surface area (Å²) in [6, 6.07) is -0.311. The number of carbonyl (C=O) groups is 1. The Labute approximate surface area is 178 Å². The van der Waals surface area contributed by atoms with Crippen molar-refractivity contribution >= 4 is 5.97 Å². The van der Waals surface area contributed by atoms with Crippen molar-refractivity contribution < 1.29 is 25.2 Å². The lowest BCUT2D eigenvalue weighted by Gasteiger charge is -2.19. The molecule has 7 nitrogen and oxygen atoms in total. The van der Waals surface area contributed by atoms with Gasteiger partial charge in [-0.3, -0.25) is 14.6 Å². The van der Waals surface area contributed by atoms with Crippen LogP contribution in [0, 0.1) is 0 Å². The highest BCUT2D eigenvalue weighted by molar-refractivity contribution is 5.73. The van der Waals surface area contributed by atoms with Gasteiger partial charge in [-0.15, -0.1) is 0 Å². The molecule has 0 amide bonds. The first-order chi connectivity index (χ1) is 13.9. The monoisotopic (exact) mass is 420 g/mol. The Morgan fingerprint density at radius 1 is 0.724 bits per heavy atom. The molecule has 7 heteroatoms. The molecule has 176 valence electrons. The van der Waals surface area contributed by atoms with Crippen LogP contribution in [0.4, 0.5) is 0 Å². The number of aliphatic carboxylic acids is 1. The first-order valence-corrected chi connectivity index (χ1v) is 11.4. The fourth-order valence-electron chi connectivity index (χ4n) is 3.19. The minimum Gasteiger partial charge on any atom is -0.480 e. The van der Waals surface area contributed by atoms with E-state index in [1.165, 1.54) is 57.8 Å². The van der Waals surface area contributed by atoms with Crippen LogP contribution in [0.3, 0.4) is 0 Å². The smallest absolute Gasteiger partial charge is 0.320 e. The highest BCUT2D eigenvalue weighted by atomic mass is 16.4. The van der Waals surface area contributed by atoms with Crippen molar-refractivity contribution in [1.29, 1.82) is 0 Å². The molecule has 0 heterocycles. The van der Waals surface area contributed by atoms with Crippen LogP contribution in [0.15, 0.2) is 0 Å². The van der Waals surface area contributed by atoms with Crippen LogP contribution in [0.5, 0.6) is 0 Å². The number of carboxylic acids is 1. The zero-order chi connectivity index (χ0) is 22.3. The molecule has 0 saturated carbocycles. The highest BCUT2D eigenvalue weighted by Crippen LogP contribution is 2.13. The molecule has 0 aliphatic heterocycles. The van der Waals surface area contributed by atoms with Crippen molar-refractivity contribution in [2.24, 2.45) is 0 Å². The van der Waals surface area contributed by atoms with E-state index in [1.807, 2.05) is 14.1 Å². The summed E-state index contributed by atoms with van der Waals surface area (Å²) < 4.78 is 0. The normalized spacial score (nSPS) is 12.1. The van der Waals surface area contributed by atoms with E-state index in [-0.39, 0.29) is 25.9 Å². The largest absolute Gasteiger partial charge is 0.480 e. The Bertz CT molecular complexity index is 329. The number of hydrogen-bond acceptors (Lipinski definition) is 6. The predicted octanol–water partition coefficient (Wildman–Crippen LogP) is 2.58. The second-order valence-electron chi connectivity index (χ2n) is 7.80. The second-order valence-corrected chi connectivity index (χ2v) is 7.80. The molecule has 0 bridgehead atoms. The van der Waals surface area contributed by atoms with E-state index >= 15 is 0 Å². The molecule has 0 spiro atoms. The van der Waals surface area contributed by atoms with Gasteiger partial charge in [-0.2, -0.15) is 0 Å². The number of aliphatic hydroxyl groups is 3. The Kier molecular flexibility index (Phi) is 24.7. The van der Waals surface area contributed by atoms with Crippen LogP contribution in [-0.4, -0.2) is 95.8 Å². The second kappa shape index (κ2) is 23.5. The van der Waals surface area contributed by atoms with E-state index in [4.69, 9.17) is 20.4 Å². The van der Waals surface area contributed by atoms with Crippen LogP contribution < -0.4 is 0 Å². The van der Waals surface area contributed by atoms with Crippen molar-refractivity contribution in [2.75, 3.05) is 53.6 Å². The average molecular weight is 421 g/mol. The molecular weight excluding hydrogens is 372 g/mol. The van der Waals surface area contributed by atoms with Gasteiger partial charge in [-0.05, 0) is 20.5 Å². The van der Waals surface area contributed by atoms with E-state index < -0.39 is 5.97 Å². The average Bonchev–Trinajstić information content (AvgIpc) is 2.66. The van der Waals surface area contributed by atoms with Crippen molar-refractivity contribution in [2.45, 2.75) is 83.6 Å². The first-order valence-electron chi connectivity index (χ1n) is 11.4. The molecule has 0 radical (unpaired) electrons. The lowest BCUT2D eigenvalue weighted by atomic mass is 10.0. The third-order valence-corrected chi connectivity index (χ3v) is 4.99. The van der Waals surface area contributed by atoms with Gasteiger partial charge in [-0.1, -0.05) is 71.1 Å². The Balaban J connectivity index is 0. The summed E-state index contributed by atoms with van der Waals surface area (Å²) in [7, 11) is 3.68. The number of likely N-dealkylation sites (N-methyl/N-ethyl adjacent to an activating group) is 1. The number of hydrogen-bond donors (Lipinski definition) is 4. The zero-order valence-electron chi connectivity index (χ0n) is 19.2. The highest BCUT2D eigenvalue weighted by Gasteiger charge is 2.18. The van der Waals surface area contributed by atoms with E-state index in [0.29, 0.717) is 19.6 Å². The van der Waals surface area contributed by atoms with Crippen molar-refractivity contribution in [3.8, 4) is 0 Å². The quantitative estimate of drug-likeness (QED) is 0.238. The van der Waals surface area contributed by atoms with Gasteiger partial charge in [0.1, 0.15) is 6.04 Å². The van der Waals surface area contributed by atoms with E-state index in [1.54, 1.807) is 9.80 Å². The molecule has 29 heavy (non-hydrogen) atoms. The molecule has 0 aliphatic rings. The molecule has 1 atom stereocenters. The van der Waals surface area contributed by atoms with Crippen LogP contribution >= 0.6 is 0 Å². The van der Waals surface area contributed by atoms with Crippen LogP contribution in [-0.2, 0) is 4.79 Å². The molecule has 0 aromatic rings. The summed E-state index contributed by atoms with van der Waals surface area (Å²) in [4.78, 5) is 14.6. The van der Waals surface area contributed by atoms with Crippen LogP contribution in [0.2, 0.25) is 0 Å². The zero-order valence-corrected chi connectivity index (χ0v) is 19.2. The SMILES string of the molecule is CCCCCCCCCCCCC(C(=O)O)N(C)C.OCCN(CCO)CCO. The Morgan fingerprint density at radius 2 is 1.10 bits per heavy atom.